The maximum absolute atomic E-state index is 11.9. The third kappa shape index (κ3) is 2.92. The van der Waals surface area contributed by atoms with Gasteiger partial charge in [-0.15, -0.1) is 12.4 Å². The van der Waals surface area contributed by atoms with Gasteiger partial charge in [-0.25, -0.2) is 4.79 Å². The number of benzene rings is 2. The molecule has 1 amide bonds. The van der Waals surface area contributed by atoms with E-state index in [-0.39, 0.29) is 30.5 Å². The fourth-order valence-corrected chi connectivity index (χ4v) is 3.20. The molecule has 1 aliphatic carbocycles. The summed E-state index contributed by atoms with van der Waals surface area (Å²) in [6, 6.07) is 16.9. The van der Waals surface area contributed by atoms with Gasteiger partial charge in [0.15, 0.2) is 0 Å². The molecule has 0 saturated carbocycles. The molecule has 23 heavy (non-hydrogen) atoms. The Morgan fingerprint density at radius 3 is 2.13 bits per heavy atom. The molecule has 120 valence electrons. The maximum atomic E-state index is 11.9. The molecule has 2 aliphatic rings. The van der Waals surface area contributed by atoms with Crippen molar-refractivity contribution in [3.63, 3.8) is 0 Å². The zero-order valence-electron chi connectivity index (χ0n) is 12.6. The van der Waals surface area contributed by atoms with Crippen LogP contribution in [-0.4, -0.2) is 31.8 Å². The lowest BCUT2D eigenvalue weighted by atomic mass is 9.98. The number of fused-ring (bicyclic) bond motifs is 3. The molecule has 1 heterocycles. The van der Waals surface area contributed by atoms with Crippen molar-refractivity contribution >= 4 is 18.5 Å². The molecule has 0 spiro atoms. The zero-order valence-corrected chi connectivity index (χ0v) is 13.4. The normalized spacial score (nSPS) is 15.8. The van der Waals surface area contributed by atoms with E-state index in [9.17, 15) is 4.79 Å². The van der Waals surface area contributed by atoms with Gasteiger partial charge in [0.2, 0.25) is 0 Å². The Hall–Kier alpha value is -2.04. The maximum Gasteiger partial charge on any atom is 0.407 e. The number of hydrogen-bond acceptors (Lipinski definition) is 3. The van der Waals surface area contributed by atoms with Gasteiger partial charge in [-0.1, -0.05) is 48.5 Å². The molecule has 0 radical (unpaired) electrons. The van der Waals surface area contributed by atoms with E-state index < -0.39 is 0 Å². The second-order valence-electron chi connectivity index (χ2n) is 5.83. The molecule has 1 fully saturated rings. The molecule has 5 heteroatoms. The lowest BCUT2D eigenvalue weighted by Crippen LogP contribution is -2.57. The van der Waals surface area contributed by atoms with Gasteiger partial charge >= 0.3 is 6.09 Å². The predicted molar refractivity (Wildman–Crippen MR) is 92.1 cm³/mol. The van der Waals surface area contributed by atoms with Gasteiger partial charge < -0.3 is 15.4 Å². The van der Waals surface area contributed by atoms with E-state index >= 15 is 0 Å². The van der Waals surface area contributed by atoms with Crippen LogP contribution in [0.25, 0.3) is 11.1 Å². The summed E-state index contributed by atoms with van der Waals surface area (Å²) in [7, 11) is 0. The predicted octanol–water partition coefficient (Wildman–Crippen LogP) is 2.92. The first-order chi connectivity index (χ1) is 10.8. The Labute approximate surface area is 141 Å². The van der Waals surface area contributed by atoms with Gasteiger partial charge in [0.1, 0.15) is 6.61 Å². The summed E-state index contributed by atoms with van der Waals surface area (Å²) in [5, 5.41) is 5.98. The molecule has 0 atom stereocenters. The SMILES string of the molecule is Cl.O=C(NC1CNC1)OCC1c2ccccc2-c2ccccc21. The molecule has 0 unspecified atom stereocenters. The van der Waals surface area contributed by atoms with Crippen LogP contribution in [0.5, 0.6) is 0 Å². The molecule has 1 saturated heterocycles. The van der Waals surface area contributed by atoms with Crippen molar-refractivity contribution in [1.29, 1.82) is 0 Å². The fourth-order valence-electron chi connectivity index (χ4n) is 3.20. The number of hydrogen-bond donors (Lipinski definition) is 2. The second-order valence-corrected chi connectivity index (χ2v) is 5.83. The number of rotatable bonds is 3. The minimum atomic E-state index is -0.326. The van der Waals surface area contributed by atoms with Crippen LogP contribution < -0.4 is 10.6 Å². The molecular formula is C18H19ClN2O2. The highest BCUT2D eigenvalue weighted by molar-refractivity contribution is 5.85. The van der Waals surface area contributed by atoms with E-state index in [2.05, 4.69) is 47.0 Å². The Morgan fingerprint density at radius 2 is 1.61 bits per heavy atom. The molecule has 2 aromatic rings. The highest BCUT2D eigenvalue weighted by atomic mass is 35.5. The van der Waals surface area contributed by atoms with E-state index in [0.717, 1.165) is 13.1 Å². The van der Waals surface area contributed by atoms with Crippen LogP contribution in [-0.2, 0) is 4.74 Å². The highest BCUT2D eigenvalue weighted by Crippen LogP contribution is 2.44. The average molecular weight is 331 g/mol. The van der Waals surface area contributed by atoms with Crippen molar-refractivity contribution in [3.8, 4) is 11.1 Å². The number of alkyl carbamates (subject to hydrolysis) is 1. The first-order valence-corrected chi connectivity index (χ1v) is 7.65. The van der Waals surface area contributed by atoms with Gasteiger partial charge in [0.05, 0.1) is 6.04 Å². The highest BCUT2D eigenvalue weighted by Gasteiger charge is 2.29. The summed E-state index contributed by atoms with van der Waals surface area (Å²) in [4.78, 5) is 11.9. The lowest BCUT2D eigenvalue weighted by Gasteiger charge is -2.27. The largest absolute Gasteiger partial charge is 0.449 e. The molecule has 0 bridgehead atoms. The zero-order chi connectivity index (χ0) is 14.9. The van der Waals surface area contributed by atoms with E-state index in [1.54, 1.807) is 0 Å². The molecular weight excluding hydrogens is 312 g/mol. The summed E-state index contributed by atoms with van der Waals surface area (Å²) in [6.07, 6.45) is -0.326. The van der Waals surface area contributed by atoms with Crippen LogP contribution in [0.2, 0.25) is 0 Å². The Bertz CT molecular complexity index is 670. The van der Waals surface area contributed by atoms with Gasteiger partial charge in [0.25, 0.3) is 0 Å². The summed E-state index contributed by atoms with van der Waals surface area (Å²) in [5.74, 6) is 0.123. The number of amides is 1. The number of halogens is 1. The van der Waals surface area contributed by atoms with Crippen molar-refractivity contribution in [3.05, 3.63) is 59.7 Å². The molecule has 4 nitrogen and oxygen atoms in total. The minimum absolute atomic E-state index is 0. The first kappa shape index (κ1) is 15.8. The van der Waals surface area contributed by atoms with E-state index in [1.807, 2.05) is 12.1 Å². The topological polar surface area (TPSA) is 50.4 Å². The van der Waals surface area contributed by atoms with Crippen LogP contribution in [0.4, 0.5) is 4.79 Å². The summed E-state index contributed by atoms with van der Waals surface area (Å²) >= 11 is 0. The third-order valence-corrected chi connectivity index (χ3v) is 4.45. The summed E-state index contributed by atoms with van der Waals surface area (Å²) in [6.45, 7) is 2.02. The van der Waals surface area contributed by atoms with Gasteiger partial charge in [0, 0.05) is 19.0 Å². The molecule has 2 N–H and O–H groups in total. The Balaban J connectivity index is 0.00000156. The van der Waals surface area contributed by atoms with Crippen molar-refractivity contribution < 1.29 is 9.53 Å². The molecule has 1 aliphatic heterocycles. The van der Waals surface area contributed by atoms with E-state index in [0.29, 0.717) is 6.61 Å². The molecule has 2 aromatic carbocycles. The van der Waals surface area contributed by atoms with Crippen molar-refractivity contribution in [2.75, 3.05) is 19.7 Å². The third-order valence-electron chi connectivity index (χ3n) is 4.45. The minimum Gasteiger partial charge on any atom is -0.449 e. The van der Waals surface area contributed by atoms with Crippen LogP contribution in [0.3, 0.4) is 0 Å². The van der Waals surface area contributed by atoms with Crippen LogP contribution in [0.15, 0.2) is 48.5 Å². The Kier molecular flexibility index (Phi) is 4.55. The van der Waals surface area contributed by atoms with Crippen molar-refractivity contribution in [2.24, 2.45) is 0 Å². The smallest absolute Gasteiger partial charge is 0.407 e. The Morgan fingerprint density at radius 1 is 1.04 bits per heavy atom. The monoisotopic (exact) mass is 330 g/mol. The van der Waals surface area contributed by atoms with E-state index in [1.165, 1.54) is 22.3 Å². The van der Waals surface area contributed by atoms with Gasteiger partial charge in [-0.3, -0.25) is 0 Å². The average Bonchev–Trinajstić information content (AvgIpc) is 2.83. The second kappa shape index (κ2) is 6.60. The van der Waals surface area contributed by atoms with Crippen LogP contribution in [0, 0.1) is 0 Å². The molecule has 4 rings (SSSR count). The van der Waals surface area contributed by atoms with Crippen LogP contribution in [0.1, 0.15) is 17.0 Å². The number of carbonyl (C=O) groups is 1. The van der Waals surface area contributed by atoms with Gasteiger partial charge in [-0.2, -0.15) is 0 Å². The fraction of sp³-hybridized carbons (Fsp3) is 0.278. The first-order valence-electron chi connectivity index (χ1n) is 7.65. The summed E-state index contributed by atoms with van der Waals surface area (Å²) in [5.41, 5.74) is 4.97. The number of ether oxygens (including phenoxy) is 1. The van der Waals surface area contributed by atoms with E-state index in [4.69, 9.17) is 4.74 Å². The van der Waals surface area contributed by atoms with Gasteiger partial charge in [-0.05, 0) is 22.3 Å². The number of carbonyl (C=O) groups excluding carboxylic acids is 1. The number of nitrogens with one attached hydrogen (secondary N) is 2. The summed E-state index contributed by atoms with van der Waals surface area (Å²) < 4.78 is 5.47. The molecule has 0 aromatic heterocycles. The standard InChI is InChI=1S/C18H18N2O2.ClH/c21-18(20-12-9-19-10-12)22-11-17-15-7-3-1-5-13(15)14-6-2-4-8-16(14)17;/h1-8,12,17,19H,9-11H2,(H,20,21);1H. The van der Waals surface area contributed by atoms with Crippen molar-refractivity contribution in [1.82, 2.24) is 10.6 Å². The van der Waals surface area contributed by atoms with Crippen molar-refractivity contribution in [2.45, 2.75) is 12.0 Å². The lowest BCUT2D eigenvalue weighted by molar-refractivity contribution is 0.135. The quantitative estimate of drug-likeness (QED) is 0.909. The van der Waals surface area contributed by atoms with Crippen LogP contribution >= 0.6 is 12.4 Å².